The molecule has 3 aromatic carbocycles. The molecule has 1 amide bonds. The number of phenolic OH excluding ortho intramolecular Hbond substituents is 1. The van der Waals surface area contributed by atoms with Gasteiger partial charge in [0.1, 0.15) is 5.75 Å². The van der Waals surface area contributed by atoms with Crippen LogP contribution in [0.4, 0.5) is 5.69 Å². The number of halogens is 1. The standard InChI is InChI=1S/C34H34ClNO5.C2H6/c1-4-21(3)27(34(40)41)18-22(5-2)10-15-26-29-19-28(30(35)20-31(29)36(16-17-37)33(26)39)24-13-11-23(12-14-24)25-8-6-7-9-32(25)38;1-2/h5-9,11-15,18-21,37-38H,4,10,16-17H2,1-3H3,(H,40,41);1-2H3/b22-5-,26-15-,27-18+;. The molecule has 0 fully saturated rings. The molecule has 1 aliphatic heterocycles. The number of aliphatic hydroxyl groups excluding tert-OH is 1. The highest BCUT2D eigenvalue weighted by Crippen LogP contribution is 2.43. The number of hydrogen-bond acceptors (Lipinski definition) is 4. The van der Waals surface area contributed by atoms with Crippen LogP contribution >= 0.6 is 11.6 Å². The summed E-state index contributed by atoms with van der Waals surface area (Å²) in [4.78, 5) is 26.8. The summed E-state index contributed by atoms with van der Waals surface area (Å²) in [5, 5.41) is 30.0. The maximum Gasteiger partial charge on any atom is 0.331 e. The molecule has 0 saturated carbocycles. The number of phenols is 1. The predicted molar refractivity (Wildman–Crippen MR) is 176 cm³/mol. The third kappa shape index (κ3) is 7.45. The number of nitrogens with zero attached hydrogens (tertiary/aromatic N) is 1. The van der Waals surface area contributed by atoms with E-state index < -0.39 is 5.97 Å². The first kappa shape index (κ1) is 33.4. The second-order valence-electron chi connectivity index (χ2n) is 10.0. The number of carboxylic acid groups (broad SMARTS) is 1. The molecule has 6 nitrogen and oxygen atoms in total. The van der Waals surface area contributed by atoms with E-state index in [-0.39, 0.29) is 30.7 Å². The molecule has 226 valence electrons. The number of hydrogen-bond donors (Lipinski definition) is 3. The SMILES string of the molecule is C/C=C(\C=C(\C(=O)O)C(C)CC)C/C=C1\C(=O)N(CCO)c2cc(Cl)c(-c3ccc(-c4ccccc4O)cc3)cc21.CC. The van der Waals surface area contributed by atoms with Gasteiger partial charge in [0.05, 0.1) is 17.3 Å². The lowest BCUT2D eigenvalue weighted by atomic mass is 9.94. The van der Waals surface area contributed by atoms with Crippen LogP contribution in [0.25, 0.3) is 27.8 Å². The third-order valence-electron chi connectivity index (χ3n) is 7.52. The van der Waals surface area contributed by atoms with E-state index in [2.05, 4.69) is 0 Å². The maximum absolute atomic E-state index is 13.5. The number of β-amino-alcohol motifs (C(OH)–C–C–N with tert-alkyl or cyclic N) is 1. The molecular weight excluding hydrogens is 562 g/mol. The number of rotatable bonds is 10. The summed E-state index contributed by atoms with van der Waals surface area (Å²) < 4.78 is 0. The Bertz CT molecular complexity index is 1550. The number of benzene rings is 3. The fourth-order valence-corrected chi connectivity index (χ4v) is 5.24. The van der Waals surface area contributed by atoms with Crippen molar-refractivity contribution in [1.29, 1.82) is 0 Å². The van der Waals surface area contributed by atoms with E-state index in [1.54, 1.807) is 24.3 Å². The lowest BCUT2D eigenvalue weighted by molar-refractivity contribution is -0.133. The van der Waals surface area contributed by atoms with Crippen molar-refractivity contribution in [3.63, 3.8) is 0 Å². The Balaban J connectivity index is 0.00000248. The number of fused-ring (bicyclic) bond motifs is 1. The number of anilines is 1. The zero-order valence-electron chi connectivity index (χ0n) is 25.4. The van der Waals surface area contributed by atoms with Gasteiger partial charge in [0.25, 0.3) is 5.91 Å². The van der Waals surface area contributed by atoms with E-state index in [9.17, 15) is 24.9 Å². The van der Waals surface area contributed by atoms with Gasteiger partial charge >= 0.3 is 5.97 Å². The van der Waals surface area contributed by atoms with Crippen LogP contribution in [0.3, 0.4) is 0 Å². The van der Waals surface area contributed by atoms with Crippen molar-refractivity contribution in [3.05, 3.63) is 101 Å². The summed E-state index contributed by atoms with van der Waals surface area (Å²) in [5.41, 5.74) is 6.11. The number of aromatic hydroxyl groups is 1. The summed E-state index contributed by atoms with van der Waals surface area (Å²) in [6, 6.07) is 18.4. The molecular formula is C36H40ClNO5. The summed E-state index contributed by atoms with van der Waals surface area (Å²) in [6.45, 7) is 9.60. The van der Waals surface area contributed by atoms with Crippen LogP contribution in [0.1, 0.15) is 53.0 Å². The molecule has 0 aliphatic carbocycles. The Morgan fingerprint density at radius 2 is 1.63 bits per heavy atom. The molecule has 0 spiro atoms. The van der Waals surface area contributed by atoms with E-state index in [4.69, 9.17) is 11.6 Å². The van der Waals surface area contributed by atoms with Crippen molar-refractivity contribution in [2.24, 2.45) is 5.92 Å². The summed E-state index contributed by atoms with van der Waals surface area (Å²) in [7, 11) is 0. The zero-order valence-corrected chi connectivity index (χ0v) is 26.2. The van der Waals surface area contributed by atoms with Crippen LogP contribution in [0, 0.1) is 5.92 Å². The second kappa shape index (κ2) is 15.4. The highest BCUT2D eigenvalue weighted by Gasteiger charge is 2.33. The third-order valence-corrected chi connectivity index (χ3v) is 7.83. The number of aliphatic carboxylic acids is 1. The molecule has 1 aliphatic rings. The number of carbonyl (C=O) groups excluding carboxylic acids is 1. The molecule has 0 bridgehead atoms. The van der Waals surface area contributed by atoms with Crippen LogP contribution < -0.4 is 4.90 Å². The minimum absolute atomic E-state index is 0.106. The lowest BCUT2D eigenvalue weighted by Gasteiger charge is -2.16. The molecule has 0 radical (unpaired) electrons. The van der Waals surface area contributed by atoms with Crippen LogP contribution in [-0.4, -0.2) is 40.3 Å². The second-order valence-corrected chi connectivity index (χ2v) is 10.4. The number of allylic oxidation sites excluding steroid dienone is 4. The van der Waals surface area contributed by atoms with E-state index in [0.29, 0.717) is 40.3 Å². The molecule has 3 N–H and O–H groups in total. The van der Waals surface area contributed by atoms with Crippen molar-refractivity contribution in [2.75, 3.05) is 18.1 Å². The Hall–Kier alpha value is -4.13. The lowest BCUT2D eigenvalue weighted by Crippen LogP contribution is -2.29. The van der Waals surface area contributed by atoms with Gasteiger partial charge in [-0.2, -0.15) is 0 Å². The summed E-state index contributed by atoms with van der Waals surface area (Å²) in [6.07, 6.45) is 6.44. The molecule has 1 heterocycles. The fraction of sp³-hybridized carbons (Fsp3) is 0.278. The van der Waals surface area contributed by atoms with Gasteiger partial charge in [0, 0.05) is 34.4 Å². The Morgan fingerprint density at radius 1 is 1.00 bits per heavy atom. The van der Waals surface area contributed by atoms with Crippen LogP contribution in [0.2, 0.25) is 5.02 Å². The van der Waals surface area contributed by atoms with Crippen LogP contribution in [0.5, 0.6) is 5.75 Å². The van der Waals surface area contributed by atoms with Crippen molar-refractivity contribution < 1.29 is 24.9 Å². The molecule has 43 heavy (non-hydrogen) atoms. The molecule has 7 heteroatoms. The Morgan fingerprint density at radius 3 is 2.19 bits per heavy atom. The predicted octanol–water partition coefficient (Wildman–Crippen LogP) is 8.52. The largest absolute Gasteiger partial charge is 0.507 e. The van der Waals surface area contributed by atoms with Gasteiger partial charge in [-0.25, -0.2) is 4.79 Å². The first-order valence-corrected chi connectivity index (χ1v) is 15.0. The van der Waals surface area contributed by atoms with Crippen molar-refractivity contribution in [3.8, 4) is 28.0 Å². The highest BCUT2D eigenvalue weighted by molar-refractivity contribution is 6.37. The van der Waals surface area contributed by atoms with E-state index >= 15 is 0 Å². The molecule has 4 rings (SSSR count). The number of aliphatic hydroxyl groups is 1. The number of amides is 1. The van der Waals surface area contributed by atoms with Crippen LogP contribution in [0.15, 0.2) is 90.0 Å². The molecule has 0 aromatic heterocycles. The molecule has 0 saturated heterocycles. The van der Waals surface area contributed by atoms with E-state index in [1.807, 2.05) is 89.2 Å². The van der Waals surface area contributed by atoms with Crippen molar-refractivity contribution >= 4 is 34.7 Å². The van der Waals surface area contributed by atoms with Gasteiger partial charge in [-0.3, -0.25) is 4.79 Å². The highest BCUT2D eigenvalue weighted by atomic mass is 35.5. The topological polar surface area (TPSA) is 98.1 Å². The normalized spacial score (nSPS) is 14.8. The average Bonchev–Trinajstić information content (AvgIpc) is 3.27. The van der Waals surface area contributed by atoms with Gasteiger partial charge < -0.3 is 20.2 Å². The van der Waals surface area contributed by atoms with Gasteiger partial charge in [0.2, 0.25) is 0 Å². The van der Waals surface area contributed by atoms with Crippen molar-refractivity contribution in [2.45, 2.75) is 47.5 Å². The number of para-hydroxylation sites is 1. The molecule has 1 atom stereocenters. The smallest absolute Gasteiger partial charge is 0.331 e. The van der Waals surface area contributed by atoms with Gasteiger partial charge in [-0.05, 0) is 66.7 Å². The number of carbonyl (C=O) groups is 2. The minimum Gasteiger partial charge on any atom is -0.507 e. The Labute approximate surface area is 259 Å². The first-order valence-electron chi connectivity index (χ1n) is 14.7. The summed E-state index contributed by atoms with van der Waals surface area (Å²) in [5.74, 6) is -1.10. The number of carboxylic acids is 1. The average molecular weight is 602 g/mol. The molecule has 3 aromatic rings. The van der Waals surface area contributed by atoms with E-state index in [1.165, 1.54) is 4.90 Å². The fourth-order valence-electron chi connectivity index (χ4n) is 4.97. The van der Waals surface area contributed by atoms with Gasteiger partial charge in [0.15, 0.2) is 0 Å². The van der Waals surface area contributed by atoms with Gasteiger partial charge in [-0.1, -0.05) is 93.9 Å². The summed E-state index contributed by atoms with van der Waals surface area (Å²) >= 11 is 6.73. The van der Waals surface area contributed by atoms with Crippen LogP contribution in [-0.2, 0) is 9.59 Å². The zero-order chi connectivity index (χ0) is 31.7. The monoisotopic (exact) mass is 601 g/mol. The van der Waals surface area contributed by atoms with E-state index in [0.717, 1.165) is 27.8 Å². The quantitative estimate of drug-likeness (QED) is 0.160. The molecule has 1 unspecified atom stereocenters. The first-order chi connectivity index (χ1) is 20.7. The minimum atomic E-state index is -0.949. The Kier molecular flexibility index (Phi) is 11.9. The van der Waals surface area contributed by atoms with Crippen molar-refractivity contribution in [1.82, 2.24) is 0 Å². The van der Waals surface area contributed by atoms with Gasteiger partial charge in [-0.15, -0.1) is 0 Å². The maximum atomic E-state index is 13.5.